The fraction of sp³-hybridized carbons (Fsp3) is 0.154. The van der Waals surface area contributed by atoms with Crippen LogP contribution in [0, 0.1) is 0 Å². The number of hydrogen-bond donors (Lipinski definition) is 1. The lowest BCUT2D eigenvalue weighted by Gasteiger charge is -2.26. The average Bonchev–Trinajstić information content (AvgIpc) is 3.08. The van der Waals surface area contributed by atoms with Crippen LogP contribution >= 0.6 is 11.6 Å². The SMILES string of the molecule is COc1ccc(C(O)=C2C(=O)C(=O)N(CCc3ccccc3)C2c2ccccc2Cl)cc1. The summed E-state index contributed by atoms with van der Waals surface area (Å²) in [6.07, 6.45) is 0.567. The number of aliphatic hydroxyl groups is 1. The Labute approximate surface area is 191 Å². The van der Waals surface area contributed by atoms with Crippen LogP contribution in [0.3, 0.4) is 0 Å². The van der Waals surface area contributed by atoms with Crippen LogP contribution in [0.25, 0.3) is 5.76 Å². The number of nitrogens with zero attached hydrogens (tertiary/aromatic N) is 1. The second-order valence-electron chi connectivity index (χ2n) is 7.48. The van der Waals surface area contributed by atoms with Crippen LogP contribution in [-0.2, 0) is 16.0 Å². The van der Waals surface area contributed by atoms with E-state index in [0.717, 1.165) is 5.56 Å². The van der Waals surface area contributed by atoms with Gasteiger partial charge in [-0.2, -0.15) is 0 Å². The topological polar surface area (TPSA) is 66.8 Å². The van der Waals surface area contributed by atoms with E-state index in [1.807, 2.05) is 30.3 Å². The van der Waals surface area contributed by atoms with E-state index in [9.17, 15) is 14.7 Å². The summed E-state index contributed by atoms with van der Waals surface area (Å²) >= 11 is 6.47. The molecule has 32 heavy (non-hydrogen) atoms. The van der Waals surface area contributed by atoms with Crippen LogP contribution in [0.2, 0.25) is 5.02 Å². The van der Waals surface area contributed by atoms with E-state index >= 15 is 0 Å². The van der Waals surface area contributed by atoms with Gasteiger partial charge in [0.15, 0.2) is 0 Å². The quantitative estimate of drug-likeness (QED) is 0.327. The van der Waals surface area contributed by atoms with Gasteiger partial charge >= 0.3 is 0 Å². The molecule has 0 aliphatic carbocycles. The van der Waals surface area contributed by atoms with E-state index in [1.54, 1.807) is 55.6 Å². The van der Waals surface area contributed by atoms with Gasteiger partial charge in [-0.15, -0.1) is 0 Å². The van der Waals surface area contributed by atoms with Gasteiger partial charge in [-0.05, 0) is 47.9 Å². The molecule has 0 aromatic heterocycles. The number of ketones is 1. The Hall–Kier alpha value is -3.57. The minimum absolute atomic E-state index is 0.0290. The van der Waals surface area contributed by atoms with Gasteiger partial charge in [-0.3, -0.25) is 9.59 Å². The number of Topliss-reactive ketones (excluding diaryl/α,β-unsaturated/α-hetero) is 1. The van der Waals surface area contributed by atoms with Gasteiger partial charge in [0, 0.05) is 17.1 Å². The third kappa shape index (κ3) is 4.12. The number of amides is 1. The van der Waals surface area contributed by atoms with Crippen molar-refractivity contribution in [3.8, 4) is 5.75 Å². The molecule has 1 fully saturated rings. The Morgan fingerprint density at radius 1 is 0.969 bits per heavy atom. The van der Waals surface area contributed by atoms with Crippen LogP contribution in [0.5, 0.6) is 5.75 Å². The van der Waals surface area contributed by atoms with Crippen LogP contribution in [0.15, 0.2) is 84.4 Å². The first-order valence-electron chi connectivity index (χ1n) is 10.2. The highest BCUT2D eigenvalue weighted by molar-refractivity contribution is 6.47. The van der Waals surface area contributed by atoms with E-state index in [0.29, 0.717) is 34.9 Å². The van der Waals surface area contributed by atoms with Crippen molar-refractivity contribution in [3.63, 3.8) is 0 Å². The summed E-state index contributed by atoms with van der Waals surface area (Å²) in [4.78, 5) is 27.6. The summed E-state index contributed by atoms with van der Waals surface area (Å²) < 4.78 is 5.17. The standard InChI is InChI=1S/C26H22ClNO4/c1-32-19-13-11-18(12-14-19)24(29)22-23(20-9-5-6-10-21(20)27)28(26(31)25(22)30)16-15-17-7-3-2-4-8-17/h2-14,23,29H,15-16H2,1H3. The Bertz CT molecular complexity index is 1170. The number of carbonyl (C=O) groups is 2. The van der Waals surface area contributed by atoms with Crippen LogP contribution in [0.4, 0.5) is 0 Å². The highest BCUT2D eigenvalue weighted by atomic mass is 35.5. The van der Waals surface area contributed by atoms with Gasteiger partial charge in [-0.25, -0.2) is 0 Å². The van der Waals surface area contributed by atoms with E-state index in [2.05, 4.69) is 0 Å². The Morgan fingerprint density at radius 2 is 1.62 bits per heavy atom. The monoisotopic (exact) mass is 447 g/mol. The predicted molar refractivity (Wildman–Crippen MR) is 124 cm³/mol. The van der Waals surface area contributed by atoms with Crippen molar-refractivity contribution in [2.75, 3.05) is 13.7 Å². The van der Waals surface area contributed by atoms with Crippen molar-refractivity contribution >= 4 is 29.1 Å². The number of likely N-dealkylation sites (tertiary alicyclic amines) is 1. The number of methoxy groups -OCH3 is 1. The van der Waals surface area contributed by atoms with E-state index < -0.39 is 17.7 Å². The van der Waals surface area contributed by atoms with Crippen LogP contribution in [-0.4, -0.2) is 35.4 Å². The van der Waals surface area contributed by atoms with Crippen molar-refractivity contribution in [2.24, 2.45) is 0 Å². The Kier molecular flexibility index (Phi) is 6.28. The van der Waals surface area contributed by atoms with Crippen molar-refractivity contribution in [1.29, 1.82) is 0 Å². The third-order valence-electron chi connectivity index (χ3n) is 5.59. The summed E-state index contributed by atoms with van der Waals surface area (Å²) in [5.41, 5.74) is 2.09. The third-order valence-corrected chi connectivity index (χ3v) is 5.93. The molecule has 0 bridgehead atoms. The molecule has 1 atom stereocenters. The largest absolute Gasteiger partial charge is 0.507 e. The molecule has 4 rings (SSSR count). The smallest absolute Gasteiger partial charge is 0.295 e. The number of hydrogen-bond acceptors (Lipinski definition) is 4. The maximum absolute atomic E-state index is 13.1. The van der Waals surface area contributed by atoms with Gasteiger partial charge in [0.1, 0.15) is 11.5 Å². The van der Waals surface area contributed by atoms with Gasteiger partial charge < -0.3 is 14.7 Å². The first kappa shape index (κ1) is 21.7. The minimum Gasteiger partial charge on any atom is -0.507 e. The second kappa shape index (κ2) is 9.28. The fourth-order valence-electron chi connectivity index (χ4n) is 3.93. The number of aliphatic hydroxyl groups excluding tert-OH is 1. The number of halogens is 1. The Balaban J connectivity index is 1.79. The Morgan fingerprint density at radius 3 is 2.28 bits per heavy atom. The first-order chi connectivity index (χ1) is 15.5. The van der Waals surface area contributed by atoms with Crippen molar-refractivity contribution < 1.29 is 19.4 Å². The molecular weight excluding hydrogens is 426 g/mol. The van der Waals surface area contributed by atoms with Crippen molar-refractivity contribution in [3.05, 3.63) is 106 Å². The van der Waals surface area contributed by atoms with Crippen LogP contribution < -0.4 is 4.74 Å². The van der Waals surface area contributed by atoms with E-state index in [4.69, 9.17) is 16.3 Å². The molecule has 1 aliphatic rings. The van der Waals surface area contributed by atoms with E-state index in [1.165, 1.54) is 4.90 Å². The zero-order valence-electron chi connectivity index (χ0n) is 17.5. The second-order valence-corrected chi connectivity index (χ2v) is 7.89. The van der Waals surface area contributed by atoms with Gasteiger partial charge in [0.05, 0.1) is 18.7 Å². The van der Waals surface area contributed by atoms with Crippen molar-refractivity contribution in [1.82, 2.24) is 4.90 Å². The number of benzene rings is 3. The molecule has 3 aromatic rings. The molecule has 0 spiro atoms. The predicted octanol–water partition coefficient (Wildman–Crippen LogP) is 5.01. The maximum atomic E-state index is 13.1. The zero-order valence-corrected chi connectivity index (χ0v) is 18.3. The molecule has 6 heteroatoms. The number of ether oxygens (including phenoxy) is 1. The number of carbonyl (C=O) groups excluding carboxylic acids is 2. The highest BCUT2D eigenvalue weighted by Crippen LogP contribution is 2.41. The molecular formula is C26H22ClNO4. The molecule has 1 unspecified atom stereocenters. The molecule has 162 valence electrons. The summed E-state index contributed by atoms with van der Waals surface area (Å²) in [5, 5.41) is 11.5. The number of rotatable bonds is 6. The summed E-state index contributed by atoms with van der Waals surface area (Å²) in [5.74, 6) is -0.997. The van der Waals surface area contributed by atoms with Gasteiger partial charge in [0.2, 0.25) is 0 Å². The lowest BCUT2D eigenvalue weighted by atomic mass is 9.95. The molecule has 1 amide bonds. The molecule has 1 aliphatic heterocycles. The van der Waals surface area contributed by atoms with E-state index in [-0.39, 0.29) is 11.3 Å². The minimum atomic E-state index is -0.783. The molecule has 3 aromatic carbocycles. The highest BCUT2D eigenvalue weighted by Gasteiger charge is 2.46. The van der Waals surface area contributed by atoms with Crippen LogP contribution in [0.1, 0.15) is 22.7 Å². The molecule has 1 N–H and O–H groups in total. The molecule has 1 saturated heterocycles. The average molecular weight is 448 g/mol. The maximum Gasteiger partial charge on any atom is 0.295 e. The van der Waals surface area contributed by atoms with Gasteiger partial charge in [-0.1, -0.05) is 60.1 Å². The lowest BCUT2D eigenvalue weighted by Crippen LogP contribution is -2.31. The summed E-state index contributed by atoms with van der Waals surface area (Å²) in [7, 11) is 1.55. The fourth-order valence-corrected chi connectivity index (χ4v) is 4.17. The normalized spacial score (nSPS) is 17.6. The molecule has 0 radical (unpaired) electrons. The van der Waals surface area contributed by atoms with Crippen molar-refractivity contribution in [2.45, 2.75) is 12.5 Å². The zero-order chi connectivity index (χ0) is 22.7. The molecule has 0 saturated carbocycles. The first-order valence-corrected chi connectivity index (χ1v) is 10.6. The lowest BCUT2D eigenvalue weighted by molar-refractivity contribution is -0.139. The molecule has 5 nitrogen and oxygen atoms in total. The molecule has 1 heterocycles. The summed E-state index contributed by atoms with van der Waals surface area (Å²) in [6.45, 7) is 0.309. The summed E-state index contributed by atoms with van der Waals surface area (Å²) in [6, 6.07) is 22.7. The van der Waals surface area contributed by atoms with Gasteiger partial charge in [0.25, 0.3) is 11.7 Å².